The van der Waals surface area contributed by atoms with Crippen molar-refractivity contribution in [3.8, 4) is 17.1 Å². The molecule has 2 aromatic rings. The van der Waals surface area contributed by atoms with Gasteiger partial charge in [-0.05, 0) is 55.9 Å². The number of rotatable bonds is 5. The molecule has 2 saturated carbocycles. The molecule has 144 valence electrons. The van der Waals surface area contributed by atoms with Gasteiger partial charge in [0.25, 0.3) is 5.91 Å². The highest BCUT2D eigenvalue weighted by molar-refractivity contribution is 5.94. The zero-order valence-electron chi connectivity index (χ0n) is 16.1. The minimum atomic E-state index is -0.0160. The third kappa shape index (κ3) is 3.84. The summed E-state index contributed by atoms with van der Waals surface area (Å²) in [5, 5.41) is 3.30. The number of nitrogens with one attached hydrogen (secondary N) is 2. The topological polar surface area (TPSA) is 79.9 Å². The molecule has 0 radical (unpaired) electrons. The molecule has 0 aromatic carbocycles. The Labute approximate surface area is 160 Å². The summed E-state index contributed by atoms with van der Waals surface area (Å²) in [5.41, 5.74) is 2.34. The molecule has 2 N–H and O–H groups in total. The predicted molar refractivity (Wildman–Crippen MR) is 103 cm³/mol. The van der Waals surface area contributed by atoms with E-state index < -0.39 is 0 Å². The normalized spacial score (nSPS) is 27.2. The van der Waals surface area contributed by atoms with Crippen LogP contribution in [0.15, 0.2) is 24.7 Å². The Morgan fingerprint density at radius 2 is 2.04 bits per heavy atom. The van der Waals surface area contributed by atoms with Gasteiger partial charge in [-0.1, -0.05) is 13.3 Å². The second-order valence-electron chi connectivity index (χ2n) is 8.03. The monoisotopic (exact) mass is 368 g/mol. The Morgan fingerprint density at radius 1 is 1.22 bits per heavy atom. The van der Waals surface area contributed by atoms with Crippen molar-refractivity contribution in [1.82, 2.24) is 20.3 Å². The molecule has 27 heavy (non-hydrogen) atoms. The van der Waals surface area contributed by atoms with E-state index in [9.17, 15) is 4.79 Å². The SMILES string of the molecule is CCC1CC2CCC(NC(=O)c3cc(-c4cnc(OC)nc4)c[nH]3)C(C1)C2. The molecule has 2 fully saturated rings. The van der Waals surface area contributed by atoms with Gasteiger partial charge in [-0.15, -0.1) is 0 Å². The fraction of sp³-hybridized carbons (Fsp3) is 0.571. The highest BCUT2D eigenvalue weighted by Crippen LogP contribution is 2.43. The number of nitrogens with zero attached hydrogens (tertiary/aromatic N) is 2. The van der Waals surface area contributed by atoms with Crippen molar-refractivity contribution in [3.63, 3.8) is 0 Å². The molecule has 0 aliphatic heterocycles. The summed E-state index contributed by atoms with van der Waals surface area (Å²) in [5.74, 6) is 2.32. The van der Waals surface area contributed by atoms with Gasteiger partial charge in [-0.25, -0.2) is 9.97 Å². The van der Waals surface area contributed by atoms with Gasteiger partial charge in [0.05, 0.1) is 7.11 Å². The molecule has 6 heteroatoms. The predicted octanol–water partition coefficient (Wildman–Crippen LogP) is 3.82. The lowest BCUT2D eigenvalue weighted by Gasteiger charge is -2.43. The average molecular weight is 368 g/mol. The van der Waals surface area contributed by atoms with E-state index in [1.807, 2.05) is 12.3 Å². The van der Waals surface area contributed by atoms with Crippen LogP contribution in [0.2, 0.25) is 0 Å². The number of methoxy groups -OCH3 is 1. The number of carbonyl (C=O) groups is 1. The summed E-state index contributed by atoms with van der Waals surface area (Å²) in [6, 6.07) is 2.50. The van der Waals surface area contributed by atoms with E-state index >= 15 is 0 Å². The molecule has 1 amide bonds. The average Bonchev–Trinajstić information content (AvgIpc) is 3.20. The lowest BCUT2D eigenvalue weighted by molar-refractivity contribution is 0.0763. The summed E-state index contributed by atoms with van der Waals surface area (Å²) in [7, 11) is 1.54. The highest BCUT2D eigenvalue weighted by atomic mass is 16.5. The molecule has 2 heterocycles. The van der Waals surface area contributed by atoms with E-state index in [4.69, 9.17) is 4.74 Å². The number of aromatic nitrogens is 3. The molecule has 0 saturated heterocycles. The number of ether oxygens (including phenoxy) is 1. The molecule has 4 unspecified atom stereocenters. The second-order valence-corrected chi connectivity index (χ2v) is 8.03. The van der Waals surface area contributed by atoms with Crippen LogP contribution in [0.5, 0.6) is 6.01 Å². The number of amides is 1. The molecule has 2 aliphatic rings. The summed E-state index contributed by atoms with van der Waals surface area (Å²) in [4.78, 5) is 24.1. The first-order valence-corrected chi connectivity index (χ1v) is 10.0. The maximum absolute atomic E-state index is 12.8. The Morgan fingerprint density at radius 3 is 2.78 bits per heavy atom. The van der Waals surface area contributed by atoms with Crippen molar-refractivity contribution >= 4 is 5.91 Å². The van der Waals surface area contributed by atoms with Gasteiger partial charge in [0.2, 0.25) is 0 Å². The molecular weight excluding hydrogens is 340 g/mol. The Bertz CT molecular complexity index is 786. The second kappa shape index (κ2) is 7.71. The van der Waals surface area contributed by atoms with Crippen LogP contribution >= 0.6 is 0 Å². The fourth-order valence-electron chi connectivity index (χ4n) is 4.86. The largest absolute Gasteiger partial charge is 0.467 e. The number of hydrogen-bond donors (Lipinski definition) is 2. The standard InChI is InChI=1S/C21H28N4O2/c1-3-13-6-14-4-5-18(15(7-13)8-14)25-20(26)19-9-16(10-22-19)17-11-23-21(27-2)24-12-17/h9-15,18,22H,3-8H2,1-2H3,(H,25,26). The number of aromatic amines is 1. The first-order chi connectivity index (χ1) is 13.2. The zero-order chi connectivity index (χ0) is 18.8. The van der Waals surface area contributed by atoms with Gasteiger partial charge >= 0.3 is 6.01 Å². The molecule has 2 aliphatic carbocycles. The maximum atomic E-state index is 12.8. The van der Waals surface area contributed by atoms with Crippen LogP contribution < -0.4 is 10.1 Å². The Kier molecular flexibility index (Phi) is 5.14. The van der Waals surface area contributed by atoms with Crippen molar-refractivity contribution in [2.45, 2.75) is 51.5 Å². The van der Waals surface area contributed by atoms with E-state index in [0.29, 0.717) is 23.7 Å². The summed E-state index contributed by atoms with van der Waals surface area (Å²) in [6.07, 6.45) is 12.8. The molecular formula is C21H28N4O2. The number of hydrogen-bond acceptors (Lipinski definition) is 4. The smallest absolute Gasteiger partial charge is 0.316 e. The van der Waals surface area contributed by atoms with Crippen LogP contribution in [0.4, 0.5) is 0 Å². The van der Waals surface area contributed by atoms with Crippen molar-refractivity contribution in [2.24, 2.45) is 17.8 Å². The van der Waals surface area contributed by atoms with Crippen LogP contribution in [0.25, 0.3) is 11.1 Å². The van der Waals surface area contributed by atoms with Crippen molar-refractivity contribution < 1.29 is 9.53 Å². The van der Waals surface area contributed by atoms with Crippen LogP contribution in [0.1, 0.15) is 55.9 Å². The molecule has 4 atom stereocenters. The van der Waals surface area contributed by atoms with E-state index in [2.05, 4.69) is 27.2 Å². The number of carbonyl (C=O) groups excluding carboxylic acids is 1. The van der Waals surface area contributed by atoms with E-state index in [1.165, 1.54) is 39.2 Å². The first kappa shape index (κ1) is 18.0. The van der Waals surface area contributed by atoms with Gasteiger partial charge in [0.1, 0.15) is 5.69 Å². The summed E-state index contributed by atoms with van der Waals surface area (Å²) in [6.45, 7) is 2.29. The van der Waals surface area contributed by atoms with Gasteiger partial charge in [-0.2, -0.15) is 0 Å². The quantitative estimate of drug-likeness (QED) is 0.841. The van der Waals surface area contributed by atoms with Crippen molar-refractivity contribution in [2.75, 3.05) is 7.11 Å². The highest BCUT2D eigenvalue weighted by Gasteiger charge is 2.37. The summed E-state index contributed by atoms with van der Waals surface area (Å²) < 4.78 is 4.99. The Balaban J connectivity index is 1.42. The van der Waals surface area contributed by atoms with Gasteiger partial charge in [0, 0.05) is 35.8 Å². The van der Waals surface area contributed by atoms with Crippen molar-refractivity contribution in [3.05, 3.63) is 30.4 Å². The van der Waals surface area contributed by atoms with E-state index in [0.717, 1.165) is 29.4 Å². The maximum Gasteiger partial charge on any atom is 0.316 e. The third-order valence-corrected chi connectivity index (χ3v) is 6.36. The molecule has 2 bridgehead atoms. The first-order valence-electron chi connectivity index (χ1n) is 10.0. The van der Waals surface area contributed by atoms with Crippen molar-refractivity contribution in [1.29, 1.82) is 0 Å². The molecule has 0 spiro atoms. The minimum Gasteiger partial charge on any atom is -0.467 e. The molecule has 6 nitrogen and oxygen atoms in total. The molecule has 2 aromatic heterocycles. The van der Waals surface area contributed by atoms with Crippen LogP contribution in [-0.4, -0.2) is 34.0 Å². The van der Waals surface area contributed by atoms with Crippen LogP contribution in [-0.2, 0) is 0 Å². The summed E-state index contributed by atoms with van der Waals surface area (Å²) >= 11 is 0. The van der Waals surface area contributed by atoms with Gasteiger partial charge in [0.15, 0.2) is 0 Å². The lowest BCUT2D eigenvalue weighted by atomic mass is 9.65. The number of fused-ring (bicyclic) bond motifs is 2. The molecule has 4 rings (SSSR count). The Hall–Kier alpha value is -2.37. The third-order valence-electron chi connectivity index (χ3n) is 6.36. The number of H-pyrrole nitrogens is 1. The minimum absolute atomic E-state index is 0.0160. The fourth-order valence-corrected chi connectivity index (χ4v) is 4.86. The lowest BCUT2D eigenvalue weighted by Crippen LogP contribution is -2.46. The zero-order valence-corrected chi connectivity index (χ0v) is 16.1. The van der Waals surface area contributed by atoms with Crippen LogP contribution in [0, 0.1) is 17.8 Å². The van der Waals surface area contributed by atoms with Crippen LogP contribution in [0.3, 0.4) is 0 Å². The van der Waals surface area contributed by atoms with Gasteiger partial charge in [-0.3, -0.25) is 4.79 Å². The van der Waals surface area contributed by atoms with E-state index in [1.54, 1.807) is 12.4 Å². The van der Waals surface area contributed by atoms with E-state index in [-0.39, 0.29) is 5.91 Å². The van der Waals surface area contributed by atoms with Gasteiger partial charge < -0.3 is 15.0 Å².